The summed E-state index contributed by atoms with van der Waals surface area (Å²) >= 11 is 1.85. The zero-order valence-corrected chi connectivity index (χ0v) is 12.3. The Hall–Kier alpha value is -1.31. The molecule has 0 saturated carbocycles. The second-order valence-electron chi connectivity index (χ2n) is 3.42. The number of benzene rings is 1. The van der Waals surface area contributed by atoms with E-state index in [0.717, 1.165) is 5.56 Å². The summed E-state index contributed by atoms with van der Waals surface area (Å²) in [6.07, 6.45) is 0. The minimum Gasteiger partial charge on any atom is -0.497 e. The van der Waals surface area contributed by atoms with Crippen molar-refractivity contribution in [2.45, 2.75) is 6.54 Å². The molecule has 0 saturated heterocycles. The maximum absolute atomic E-state index is 11.3. The van der Waals surface area contributed by atoms with Crippen molar-refractivity contribution in [2.75, 3.05) is 18.6 Å². The van der Waals surface area contributed by atoms with Crippen molar-refractivity contribution in [3.63, 3.8) is 0 Å². The van der Waals surface area contributed by atoms with Crippen molar-refractivity contribution in [1.29, 1.82) is 0 Å². The number of methoxy groups -OCH3 is 2. The van der Waals surface area contributed by atoms with E-state index in [2.05, 4.69) is 5.32 Å². The zero-order chi connectivity index (χ0) is 13.5. The normalized spacial score (nSPS) is 9.72. The van der Waals surface area contributed by atoms with E-state index in [-0.39, 0.29) is 11.0 Å². The van der Waals surface area contributed by atoms with E-state index in [9.17, 15) is 9.59 Å². The van der Waals surface area contributed by atoms with Crippen molar-refractivity contribution in [3.05, 3.63) is 23.8 Å². The van der Waals surface area contributed by atoms with Crippen LogP contribution in [0.2, 0.25) is 0 Å². The number of Topliss-reactive ketones (excluding diaryl/α,β-unsaturated/α-hetero) is 1. The monoisotopic (exact) mass is 363 g/mol. The number of ketones is 1. The molecule has 6 heteroatoms. The first-order valence-corrected chi connectivity index (χ1v) is 6.72. The summed E-state index contributed by atoms with van der Waals surface area (Å²) in [5.74, 6) is 0.257. The average molecular weight is 363 g/mol. The molecule has 98 valence electrons. The standard InChI is InChI=1S/C12H14INO4/c1-17-9-4-3-8(11(5-9)18-2)7-14-12(16)10(15)6-13/h3-5H,6-7H2,1-2H3,(H,14,16). The Bertz CT molecular complexity index is 448. The molecule has 0 unspecified atom stereocenters. The molecule has 5 nitrogen and oxygen atoms in total. The molecule has 0 aliphatic heterocycles. The van der Waals surface area contributed by atoms with Gasteiger partial charge in [0, 0.05) is 18.2 Å². The van der Waals surface area contributed by atoms with Crippen molar-refractivity contribution in [1.82, 2.24) is 5.32 Å². The highest BCUT2D eigenvalue weighted by atomic mass is 127. The Balaban J connectivity index is 2.73. The van der Waals surface area contributed by atoms with Gasteiger partial charge < -0.3 is 14.8 Å². The zero-order valence-electron chi connectivity index (χ0n) is 10.2. The Morgan fingerprint density at radius 2 is 2.00 bits per heavy atom. The van der Waals surface area contributed by atoms with Crippen molar-refractivity contribution in [2.24, 2.45) is 0 Å². The molecule has 1 aromatic carbocycles. The molecule has 0 atom stereocenters. The predicted molar refractivity (Wildman–Crippen MR) is 75.3 cm³/mol. The van der Waals surface area contributed by atoms with Gasteiger partial charge in [0.25, 0.3) is 5.91 Å². The van der Waals surface area contributed by atoms with Gasteiger partial charge >= 0.3 is 0 Å². The summed E-state index contributed by atoms with van der Waals surface area (Å²) in [6, 6.07) is 5.28. The van der Waals surface area contributed by atoms with Crippen LogP contribution in [-0.2, 0) is 16.1 Å². The third kappa shape index (κ3) is 3.86. The van der Waals surface area contributed by atoms with Crippen LogP contribution in [0, 0.1) is 0 Å². The van der Waals surface area contributed by atoms with Crippen LogP contribution in [-0.4, -0.2) is 30.3 Å². The van der Waals surface area contributed by atoms with Crippen LogP contribution < -0.4 is 14.8 Å². The minimum absolute atomic E-state index is 0.170. The molecule has 1 amide bonds. The van der Waals surface area contributed by atoms with Gasteiger partial charge in [0.1, 0.15) is 11.5 Å². The predicted octanol–water partition coefficient (Wildman–Crippen LogP) is 1.32. The molecule has 0 aliphatic rings. The molecular formula is C12H14INO4. The van der Waals surface area contributed by atoms with Gasteiger partial charge in [-0.25, -0.2) is 0 Å². The Morgan fingerprint density at radius 1 is 1.28 bits per heavy atom. The number of alkyl halides is 1. The molecule has 0 aliphatic carbocycles. The molecule has 0 heterocycles. The van der Waals surface area contributed by atoms with Gasteiger partial charge in [0.15, 0.2) is 0 Å². The highest BCUT2D eigenvalue weighted by Gasteiger charge is 2.12. The van der Waals surface area contributed by atoms with Gasteiger partial charge in [-0.05, 0) is 12.1 Å². The van der Waals surface area contributed by atoms with Crippen molar-refractivity contribution < 1.29 is 19.1 Å². The molecule has 1 N–H and O–H groups in total. The second-order valence-corrected chi connectivity index (χ2v) is 4.18. The lowest BCUT2D eigenvalue weighted by atomic mass is 10.2. The number of rotatable bonds is 6. The van der Waals surface area contributed by atoms with Crippen LogP contribution in [0.4, 0.5) is 0 Å². The molecule has 0 bridgehead atoms. The molecule has 0 spiro atoms. The summed E-state index contributed by atoms with van der Waals surface area (Å²) in [6.45, 7) is 0.244. The molecule has 18 heavy (non-hydrogen) atoms. The van der Waals surface area contributed by atoms with Crippen LogP contribution in [0.1, 0.15) is 5.56 Å². The number of hydrogen-bond acceptors (Lipinski definition) is 4. The maximum Gasteiger partial charge on any atom is 0.288 e. The van der Waals surface area contributed by atoms with E-state index in [1.807, 2.05) is 22.6 Å². The quantitative estimate of drug-likeness (QED) is 0.471. The number of nitrogens with one attached hydrogen (secondary N) is 1. The number of carbonyl (C=O) groups is 2. The van der Waals surface area contributed by atoms with E-state index in [0.29, 0.717) is 11.5 Å². The van der Waals surface area contributed by atoms with Gasteiger partial charge in [0.05, 0.1) is 18.6 Å². The van der Waals surface area contributed by atoms with Crippen molar-refractivity contribution >= 4 is 34.3 Å². The molecule has 1 aromatic rings. The third-order valence-electron chi connectivity index (χ3n) is 2.31. The smallest absolute Gasteiger partial charge is 0.288 e. The van der Waals surface area contributed by atoms with Gasteiger partial charge in [-0.3, -0.25) is 9.59 Å². The minimum atomic E-state index is -0.581. The first-order valence-electron chi connectivity index (χ1n) is 5.20. The topological polar surface area (TPSA) is 64.6 Å². The van der Waals surface area contributed by atoms with Crippen LogP contribution in [0.25, 0.3) is 0 Å². The fourth-order valence-corrected chi connectivity index (χ4v) is 1.68. The van der Waals surface area contributed by atoms with Gasteiger partial charge in [-0.15, -0.1) is 0 Å². The highest BCUT2D eigenvalue weighted by molar-refractivity contribution is 14.1. The van der Waals surface area contributed by atoms with Crippen LogP contribution in [0.5, 0.6) is 11.5 Å². The fourth-order valence-electron chi connectivity index (χ4n) is 1.33. The largest absolute Gasteiger partial charge is 0.497 e. The van der Waals surface area contributed by atoms with Crippen molar-refractivity contribution in [3.8, 4) is 11.5 Å². The number of halogens is 1. The van der Waals surface area contributed by atoms with Crippen LogP contribution >= 0.6 is 22.6 Å². The number of hydrogen-bond donors (Lipinski definition) is 1. The lowest BCUT2D eigenvalue weighted by molar-refractivity contribution is -0.136. The maximum atomic E-state index is 11.3. The summed E-state index contributed by atoms with van der Waals surface area (Å²) in [4.78, 5) is 22.5. The van der Waals surface area contributed by atoms with Crippen LogP contribution in [0.3, 0.4) is 0 Å². The lowest BCUT2D eigenvalue weighted by Crippen LogP contribution is -2.31. The lowest BCUT2D eigenvalue weighted by Gasteiger charge is -2.10. The summed E-state index contributed by atoms with van der Waals surface area (Å²) in [5.41, 5.74) is 0.785. The SMILES string of the molecule is COc1ccc(CNC(=O)C(=O)CI)c(OC)c1. The summed E-state index contributed by atoms with van der Waals surface area (Å²) in [5, 5.41) is 2.55. The highest BCUT2D eigenvalue weighted by Crippen LogP contribution is 2.24. The number of carbonyl (C=O) groups excluding carboxylic acids is 2. The third-order valence-corrected chi connectivity index (χ3v) is 3.00. The number of amides is 1. The molecule has 1 rings (SSSR count). The van der Waals surface area contributed by atoms with E-state index in [4.69, 9.17) is 9.47 Å². The van der Waals surface area contributed by atoms with Crippen LogP contribution in [0.15, 0.2) is 18.2 Å². The Kier molecular flexibility index (Phi) is 5.90. The first kappa shape index (κ1) is 14.7. The Morgan fingerprint density at radius 3 is 2.56 bits per heavy atom. The average Bonchev–Trinajstić information content (AvgIpc) is 2.43. The van der Waals surface area contributed by atoms with E-state index in [1.54, 1.807) is 25.3 Å². The molecule has 0 aromatic heterocycles. The number of ether oxygens (including phenoxy) is 2. The van der Waals surface area contributed by atoms with E-state index < -0.39 is 11.7 Å². The van der Waals surface area contributed by atoms with E-state index in [1.165, 1.54) is 7.11 Å². The molecular weight excluding hydrogens is 349 g/mol. The summed E-state index contributed by atoms with van der Waals surface area (Å²) < 4.78 is 10.4. The van der Waals surface area contributed by atoms with Gasteiger partial charge in [0.2, 0.25) is 5.78 Å². The summed E-state index contributed by atoms with van der Waals surface area (Å²) in [7, 11) is 3.10. The molecule has 0 radical (unpaired) electrons. The van der Waals surface area contributed by atoms with Gasteiger partial charge in [-0.2, -0.15) is 0 Å². The Labute approximate surface area is 119 Å². The fraction of sp³-hybridized carbons (Fsp3) is 0.333. The molecule has 0 fully saturated rings. The van der Waals surface area contributed by atoms with E-state index >= 15 is 0 Å². The van der Waals surface area contributed by atoms with Gasteiger partial charge in [-0.1, -0.05) is 22.6 Å². The first-order chi connectivity index (χ1) is 8.62. The second kappa shape index (κ2) is 7.20.